The van der Waals surface area contributed by atoms with Gasteiger partial charge in [0.15, 0.2) is 0 Å². The van der Waals surface area contributed by atoms with Crippen molar-refractivity contribution < 1.29 is 0 Å². The van der Waals surface area contributed by atoms with E-state index >= 15 is 0 Å². The summed E-state index contributed by atoms with van der Waals surface area (Å²) in [6, 6.07) is 10.4. The van der Waals surface area contributed by atoms with Gasteiger partial charge in [-0.3, -0.25) is 0 Å². The second kappa shape index (κ2) is 3.85. The highest BCUT2D eigenvalue weighted by Crippen LogP contribution is 2.09. The smallest absolute Gasteiger partial charge is 0.0622 e. The van der Waals surface area contributed by atoms with Gasteiger partial charge in [0.25, 0.3) is 0 Å². The van der Waals surface area contributed by atoms with Gasteiger partial charge in [-0.15, -0.1) is 0 Å². The van der Waals surface area contributed by atoms with Gasteiger partial charge in [-0.1, -0.05) is 30.3 Å². The van der Waals surface area contributed by atoms with E-state index in [-0.39, 0.29) is 0 Å². The molecule has 0 unspecified atom stereocenters. The molecule has 1 heterocycles. The first-order valence-electron chi connectivity index (χ1n) is 4.38. The van der Waals surface area contributed by atoms with Crippen LogP contribution < -0.4 is 4.99 Å². The molecule has 1 aromatic rings. The molecule has 13 heavy (non-hydrogen) atoms. The molecule has 0 amide bonds. The Labute approximate surface area is 78.1 Å². The molecule has 0 fully saturated rings. The van der Waals surface area contributed by atoms with Crippen LogP contribution in [-0.4, -0.2) is 6.21 Å². The molecule has 2 rings (SSSR count). The van der Waals surface area contributed by atoms with Gasteiger partial charge in [0.1, 0.15) is 0 Å². The highest BCUT2D eigenvalue weighted by Gasteiger charge is 2.00. The van der Waals surface area contributed by atoms with Gasteiger partial charge < -0.3 is 0 Å². The summed E-state index contributed by atoms with van der Waals surface area (Å²) in [5.74, 6) is 0. The first-order chi connectivity index (χ1) is 6.45. The summed E-state index contributed by atoms with van der Waals surface area (Å²) in [7, 11) is 0. The Kier molecular flexibility index (Phi) is 2.37. The molecule has 0 saturated heterocycles. The summed E-state index contributed by atoms with van der Waals surface area (Å²) in [5.41, 5.74) is 2.65. The number of aliphatic imine (C=N–C) groups is 1. The van der Waals surface area contributed by atoms with Crippen molar-refractivity contribution in [1.82, 2.24) is 4.99 Å². The van der Waals surface area contributed by atoms with Crippen LogP contribution in [0.15, 0.2) is 54.3 Å². The fourth-order valence-electron chi connectivity index (χ4n) is 1.33. The van der Waals surface area contributed by atoms with Crippen LogP contribution in [0.1, 0.15) is 5.56 Å². The van der Waals surface area contributed by atoms with Gasteiger partial charge in [-0.05, 0) is 17.6 Å². The minimum Gasteiger partial charge on any atom is -0.0622 e. The molecule has 0 atom stereocenters. The van der Waals surface area contributed by atoms with Crippen molar-refractivity contribution in [2.45, 2.75) is 6.42 Å². The van der Waals surface area contributed by atoms with E-state index < -0.39 is 0 Å². The summed E-state index contributed by atoms with van der Waals surface area (Å²) < 4.78 is 0. The molecule has 1 nitrogen and oxygen atoms in total. The van der Waals surface area contributed by atoms with Crippen LogP contribution in [0.4, 0.5) is 0 Å². The lowest BCUT2D eigenvalue weighted by atomic mass is 10.0. The Morgan fingerprint density at radius 2 is 1.92 bits per heavy atom. The Bertz CT molecular complexity index is 358. The van der Waals surface area contributed by atoms with Crippen LogP contribution >= 0.6 is 0 Å². The van der Waals surface area contributed by atoms with E-state index in [2.05, 4.69) is 29.3 Å². The zero-order valence-electron chi connectivity index (χ0n) is 7.35. The maximum absolute atomic E-state index is 3.99. The van der Waals surface area contributed by atoms with E-state index in [1.807, 2.05) is 30.6 Å². The van der Waals surface area contributed by atoms with Crippen molar-refractivity contribution in [2.75, 3.05) is 0 Å². The standard InChI is InChI=1S/C12H11N/c1-2-4-11(5-3-1)10-12-6-8-13-9-7-12/h1-9H,10H2/q+1. The average Bonchev–Trinajstić information content (AvgIpc) is 2.21. The van der Waals surface area contributed by atoms with E-state index in [1.165, 1.54) is 11.1 Å². The highest BCUT2D eigenvalue weighted by atomic mass is 14.7. The fraction of sp³-hybridized carbons (Fsp3) is 0.0833. The van der Waals surface area contributed by atoms with E-state index in [0.29, 0.717) is 0 Å². The summed E-state index contributed by atoms with van der Waals surface area (Å²) in [5, 5.41) is 0. The Morgan fingerprint density at radius 3 is 2.62 bits per heavy atom. The van der Waals surface area contributed by atoms with Gasteiger partial charge in [0.2, 0.25) is 12.4 Å². The second-order valence-corrected chi connectivity index (χ2v) is 3.02. The van der Waals surface area contributed by atoms with Crippen molar-refractivity contribution in [3.63, 3.8) is 0 Å². The molecule has 1 aromatic carbocycles. The molecule has 1 heteroatoms. The number of hydrogen-bond acceptors (Lipinski definition) is 1. The zero-order valence-corrected chi connectivity index (χ0v) is 7.35. The monoisotopic (exact) mass is 169 g/mol. The number of rotatable bonds is 2. The third kappa shape index (κ3) is 2.15. The minimum absolute atomic E-state index is 0.989. The minimum atomic E-state index is 0.989. The molecular formula is C12H11N+. The van der Waals surface area contributed by atoms with Crippen LogP contribution in [0, 0.1) is 0 Å². The number of benzene rings is 1. The molecule has 1 aliphatic rings. The topological polar surface area (TPSA) is 14.1 Å². The molecule has 0 aromatic heterocycles. The van der Waals surface area contributed by atoms with Gasteiger partial charge in [-0.2, -0.15) is 0 Å². The molecule has 0 spiro atoms. The Morgan fingerprint density at radius 1 is 1.08 bits per heavy atom. The van der Waals surface area contributed by atoms with E-state index in [4.69, 9.17) is 0 Å². The summed E-state index contributed by atoms with van der Waals surface area (Å²) in [6.07, 6.45) is 8.75. The van der Waals surface area contributed by atoms with Gasteiger partial charge in [-0.25, -0.2) is 0 Å². The van der Waals surface area contributed by atoms with Gasteiger partial charge in [0.05, 0.1) is 4.99 Å². The summed E-state index contributed by atoms with van der Waals surface area (Å²) >= 11 is 0. The second-order valence-electron chi connectivity index (χ2n) is 3.02. The predicted octanol–water partition coefficient (Wildman–Crippen LogP) is 2.09. The van der Waals surface area contributed by atoms with Crippen LogP contribution in [0.3, 0.4) is 0 Å². The zero-order chi connectivity index (χ0) is 8.93. The number of allylic oxidation sites excluding steroid dienone is 3. The van der Waals surface area contributed by atoms with Crippen molar-refractivity contribution in [1.29, 1.82) is 0 Å². The molecule has 1 aliphatic heterocycles. The van der Waals surface area contributed by atoms with E-state index in [9.17, 15) is 0 Å². The lowest BCUT2D eigenvalue weighted by molar-refractivity contribution is 1.18. The third-order valence-corrected chi connectivity index (χ3v) is 2.00. The SMILES string of the molecule is C1=CC(Cc2ccccc2)=CC=[N+]1. The first kappa shape index (κ1) is 7.99. The lowest BCUT2D eigenvalue weighted by Gasteiger charge is -2.00. The quantitative estimate of drug-likeness (QED) is 0.643. The Hall–Kier alpha value is -1.63. The van der Waals surface area contributed by atoms with Crippen LogP contribution in [0.5, 0.6) is 0 Å². The maximum atomic E-state index is 3.99. The summed E-state index contributed by atoms with van der Waals surface area (Å²) in [4.78, 5) is 3.99. The number of hydrogen-bond donors (Lipinski definition) is 0. The molecule has 0 aliphatic carbocycles. The van der Waals surface area contributed by atoms with Crippen LogP contribution in [0.2, 0.25) is 0 Å². The van der Waals surface area contributed by atoms with Crippen molar-refractivity contribution in [3.05, 3.63) is 59.8 Å². The van der Waals surface area contributed by atoms with E-state index in [1.54, 1.807) is 0 Å². The van der Waals surface area contributed by atoms with E-state index in [0.717, 1.165) is 6.42 Å². The van der Waals surface area contributed by atoms with Crippen molar-refractivity contribution in [3.8, 4) is 0 Å². The summed E-state index contributed by atoms with van der Waals surface area (Å²) in [6.45, 7) is 0. The molecule has 0 saturated carbocycles. The highest BCUT2D eigenvalue weighted by molar-refractivity contribution is 5.74. The van der Waals surface area contributed by atoms with Crippen molar-refractivity contribution >= 4 is 6.21 Å². The normalized spacial score (nSPS) is 14.3. The average molecular weight is 169 g/mol. The largest absolute Gasteiger partial charge is 0.242 e. The van der Waals surface area contributed by atoms with Crippen LogP contribution in [0.25, 0.3) is 0 Å². The first-order valence-corrected chi connectivity index (χ1v) is 4.38. The third-order valence-electron chi connectivity index (χ3n) is 2.00. The molecule has 0 bridgehead atoms. The molecular weight excluding hydrogens is 158 g/mol. The molecule has 1 radical (unpaired) electrons. The predicted molar refractivity (Wildman–Crippen MR) is 55.6 cm³/mol. The Balaban J connectivity index is 2.11. The maximum Gasteiger partial charge on any atom is 0.242 e. The molecule has 0 N–H and O–H groups in total. The van der Waals surface area contributed by atoms with Gasteiger partial charge >= 0.3 is 0 Å². The molecule has 63 valence electrons. The number of nitrogens with zero attached hydrogens (tertiary/aromatic N) is 1. The van der Waals surface area contributed by atoms with Crippen LogP contribution in [-0.2, 0) is 6.42 Å². The fourth-order valence-corrected chi connectivity index (χ4v) is 1.33. The van der Waals surface area contributed by atoms with Gasteiger partial charge in [0, 0.05) is 12.2 Å². The van der Waals surface area contributed by atoms with Crippen molar-refractivity contribution in [2.24, 2.45) is 0 Å². The lowest BCUT2D eigenvalue weighted by Crippen LogP contribution is -1.94.